The Morgan fingerprint density at radius 1 is 1.30 bits per heavy atom. The molecule has 0 heterocycles. The van der Waals surface area contributed by atoms with E-state index in [-0.39, 0.29) is 6.61 Å². The van der Waals surface area contributed by atoms with Crippen LogP contribution in [0.4, 0.5) is 13.2 Å². The molecule has 0 amide bonds. The summed E-state index contributed by atoms with van der Waals surface area (Å²) in [7, 11) is 0. The van der Waals surface area contributed by atoms with Gasteiger partial charge in [0.1, 0.15) is 6.61 Å². The highest BCUT2D eigenvalue weighted by Gasteiger charge is 2.30. The van der Waals surface area contributed by atoms with Gasteiger partial charge in [0.2, 0.25) is 0 Å². The van der Waals surface area contributed by atoms with Crippen LogP contribution in [-0.2, 0) is 4.74 Å². The largest absolute Gasteiger partial charge is 0.411 e. The highest BCUT2D eigenvalue weighted by molar-refractivity contribution is 5.27. The van der Waals surface area contributed by atoms with Crippen molar-refractivity contribution in [2.24, 2.45) is 0 Å². The van der Waals surface area contributed by atoms with Crippen LogP contribution in [-0.4, -0.2) is 32.0 Å². The zero-order valence-corrected chi connectivity index (χ0v) is 11.5. The number of benzene rings is 1. The Kier molecular flexibility index (Phi) is 5.05. The molecule has 1 saturated carbocycles. The Labute approximate surface area is 117 Å². The molecule has 0 aromatic heterocycles. The SMILES string of the molecule is Cc1cccc(C2CC(NCCOCC(F)(F)F)C2)c1. The third-order valence-electron chi connectivity index (χ3n) is 3.60. The lowest BCUT2D eigenvalue weighted by Gasteiger charge is -2.36. The van der Waals surface area contributed by atoms with E-state index < -0.39 is 12.8 Å². The Balaban J connectivity index is 1.58. The van der Waals surface area contributed by atoms with Gasteiger partial charge in [0.25, 0.3) is 0 Å². The lowest BCUT2D eigenvalue weighted by Crippen LogP contribution is -2.41. The van der Waals surface area contributed by atoms with E-state index >= 15 is 0 Å². The molecule has 1 fully saturated rings. The first-order valence-electron chi connectivity index (χ1n) is 6.88. The first-order valence-corrected chi connectivity index (χ1v) is 6.88. The van der Waals surface area contributed by atoms with Gasteiger partial charge in [-0.1, -0.05) is 29.8 Å². The first-order chi connectivity index (χ1) is 9.44. The number of ether oxygens (including phenoxy) is 1. The number of aryl methyl sites for hydroxylation is 1. The van der Waals surface area contributed by atoms with Crippen molar-refractivity contribution in [3.8, 4) is 0 Å². The van der Waals surface area contributed by atoms with Crippen LogP contribution < -0.4 is 5.32 Å². The summed E-state index contributed by atoms with van der Waals surface area (Å²) in [5, 5.41) is 3.23. The quantitative estimate of drug-likeness (QED) is 0.810. The second-order valence-corrected chi connectivity index (χ2v) is 5.40. The summed E-state index contributed by atoms with van der Waals surface area (Å²) < 4.78 is 40.1. The molecule has 0 atom stereocenters. The maximum atomic E-state index is 11.8. The topological polar surface area (TPSA) is 21.3 Å². The van der Waals surface area contributed by atoms with Crippen LogP contribution in [0.3, 0.4) is 0 Å². The first kappa shape index (κ1) is 15.3. The van der Waals surface area contributed by atoms with E-state index in [1.807, 2.05) is 0 Å². The van der Waals surface area contributed by atoms with Crippen LogP contribution >= 0.6 is 0 Å². The average molecular weight is 287 g/mol. The summed E-state index contributed by atoms with van der Waals surface area (Å²) in [6.07, 6.45) is -2.14. The summed E-state index contributed by atoms with van der Waals surface area (Å²) in [4.78, 5) is 0. The molecule has 112 valence electrons. The average Bonchev–Trinajstić information content (AvgIpc) is 2.29. The molecule has 1 aromatic rings. The van der Waals surface area contributed by atoms with Gasteiger partial charge in [0.15, 0.2) is 0 Å². The van der Waals surface area contributed by atoms with Gasteiger partial charge >= 0.3 is 6.18 Å². The van der Waals surface area contributed by atoms with Gasteiger partial charge in [-0.15, -0.1) is 0 Å². The summed E-state index contributed by atoms with van der Waals surface area (Å²) in [5.74, 6) is 0.573. The van der Waals surface area contributed by atoms with E-state index in [2.05, 4.69) is 41.2 Å². The summed E-state index contributed by atoms with van der Waals surface area (Å²) in [6, 6.07) is 8.88. The van der Waals surface area contributed by atoms with E-state index in [4.69, 9.17) is 0 Å². The van der Waals surface area contributed by atoms with E-state index in [0.29, 0.717) is 18.5 Å². The zero-order chi connectivity index (χ0) is 14.6. The van der Waals surface area contributed by atoms with Crippen LogP contribution in [0.5, 0.6) is 0 Å². The Morgan fingerprint density at radius 3 is 2.70 bits per heavy atom. The number of halogens is 3. The van der Waals surface area contributed by atoms with Crippen LogP contribution in [0.2, 0.25) is 0 Å². The Morgan fingerprint density at radius 2 is 2.05 bits per heavy atom. The summed E-state index contributed by atoms with van der Waals surface area (Å²) in [6.45, 7) is 1.49. The predicted molar refractivity (Wildman–Crippen MR) is 71.8 cm³/mol. The molecular weight excluding hydrogens is 267 g/mol. The minimum atomic E-state index is -4.23. The minimum absolute atomic E-state index is 0.102. The van der Waals surface area contributed by atoms with Crippen LogP contribution in [0.25, 0.3) is 0 Å². The van der Waals surface area contributed by atoms with E-state index in [9.17, 15) is 13.2 Å². The number of hydrogen-bond donors (Lipinski definition) is 1. The standard InChI is InChI=1S/C15H20F3NO/c1-11-3-2-4-12(7-11)13-8-14(9-13)19-5-6-20-10-15(16,17)18/h2-4,7,13-14,19H,5-6,8-10H2,1H3. The summed E-state index contributed by atoms with van der Waals surface area (Å²) in [5.41, 5.74) is 2.62. The van der Waals surface area contributed by atoms with Crippen molar-refractivity contribution in [1.29, 1.82) is 0 Å². The number of alkyl halides is 3. The highest BCUT2D eigenvalue weighted by Crippen LogP contribution is 2.36. The van der Waals surface area contributed by atoms with Crippen LogP contribution in [0.15, 0.2) is 24.3 Å². The van der Waals surface area contributed by atoms with E-state index in [0.717, 1.165) is 12.8 Å². The predicted octanol–water partition coefficient (Wildman–Crippen LogP) is 3.41. The van der Waals surface area contributed by atoms with Crippen molar-refractivity contribution >= 4 is 0 Å². The van der Waals surface area contributed by atoms with Crippen molar-refractivity contribution in [1.82, 2.24) is 5.32 Å². The molecule has 0 unspecified atom stereocenters. The van der Waals surface area contributed by atoms with Crippen molar-refractivity contribution < 1.29 is 17.9 Å². The van der Waals surface area contributed by atoms with Crippen molar-refractivity contribution in [3.63, 3.8) is 0 Å². The second-order valence-electron chi connectivity index (χ2n) is 5.40. The molecule has 20 heavy (non-hydrogen) atoms. The monoisotopic (exact) mass is 287 g/mol. The normalized spacial score (nSPS) is 22.6. The van der Waals surface area contributed by atoms with Crippen molar-refractivity contribution in [3.05, 3.63) is 35.4 Å². The molecule has 0 aliphatic heterocycles. The lowest BCUT2D eigenvalue weighted by atomic mass is 9.75. The minimum Gasteiger partial charge on any atom is -0.371 e. The maximum absolute atomic E-state index is 11.8. The Hall–Kier alpha value is -1.07. The molecular formula is C15H20F3NO. The molecule has 1 N–H and O–H groups in total. The fourth-order valence-corrected chi connectivity index (χ4v) is 2.50. The van der Waals surface area contributed by atoms with Gasteiger partial charge in [-0.3, -0.25) is 0 Å². The van der Waals surface area contributed by atoms with Gasteiger partial charge in [-0.25, -0.2) is 0 Å². The lowest BCUT2D eigenvalue weighted by molar-refractivity contribution is -0.173. The molecule has 1 aliphatic carbocycles. The van der Waals surface area contributed by atoms with Crippen LogP contribution in [0, 0.1) is 6.92 Å². The van der Waals surface area contributed by atoms with E-state index in [1.165, 1.54) is 11.1 Å². The molecule has 5 heteroatoms. The fraction of sp³-hybridized carbons (Fsp3) is 0.600. The zero-order valence-electron chi connectivity index (χ0n) is 11.5. The fourth-order valence-electron chi connectivity index (χ4n) is 2.50. The number of rotatable bonds is 6. The molecule has 1 aromatic carbocycles. The molecule has 0 spiro atoms. The van der Waals surface area contributed by atoms with Crippen LogP contribution in [0.1, 0.15) is 29.9 Å². The Bertz CT molecular complexity index is 427. The third-order valence-corrected chi connectivity index (χ3v) is 3.60. The van der Waals surface area contributed by atoms with Crippen molar-refractivity contribution in [2.75, 3.05) is 19.8 Å². The molecule has 0 radical (unpaired) electrons. The second kappa shape index (κ2) is 6.59. The van der Waals surface area contributed by atoms with Crippen molar-refractivity contribution in [2.45, 2.75) is 37.9 Å². The number of hydrogen-bond acceptors (Lipinski definition) is 2. The molecule has 2 rings (SSSR count). The maximum Gasteiger partial charge on any atom is 0.411 e. The molecule has 1 aliphatic rings. The molecule has 2 nitrogen and oxygen atoms in total. The van der Waals surface area contributed by atoms with Gasteiger partial charge in [0, 0.05) is 12.6 Å². The van der Waals surface area contributed by atoms with Gasteiger partial charge < -0.3 is 10.1 Å². The molecule has 0 bridgehead atoms. The third kappa shape index (κ3) is 4.80. The number of nitrogens with one attached hydrogen (secondary N) is 1. The smallest absolute Gasteiger partial charge is 0.371 e. The van der Waals surface area contributed by atoms with E-state index in [1.54, 1.807) is 0 Å². The van der Waals surface area contributed by atoms with Gasteiger partial charge in [0.05, 0.1) is 6.61 Å². The van der Waals surface area contributed by atoms with Gasteiger partial charge in [-0.05, 0) is 31.2 Å². The molecule has 0 saturated heterocycles. The highest BCUT2D eigenvalue weighted by atomic mass is 19.4. The van der Waals surface area contributed by atoms with Gasteiger partial charge in [-0.2, -0.15) is 13.2 Å². The summed E-state index contributed by atoms with van der Waals surface area (Å²) >= 11 is 0.